The Kier molecular flexibility index (Phi) is 8.16. The summed E-state index contributed by atoms with van der Waals surface area (Å²) in [4.78, 5) is 13.3. The van der Waals surface area contributed by atoms with Crippen LogP contribution in [0.2, 0.25) is 0 Å². The lowest BCUT2D eigenvalue weighted by molar-refractivity contribution is -0.143. The van der Waals surface area contributed by atoms with Crippen LogP contribution in [0.5, 0.6) is 0 Å². The first-order valence-electron chi connectivity index (χ1n) is 11.5. The van der Waals surface area contributed by atoms with Gasteiger partial charge in [-0.3, -0.25) is 4.79 Å². The SMILES string of the molecule is CC(C(=O)NC1(c2ccccc2)CCC(NCCN)CC1)c1cc(C(F)(F)F)cc(C(F)(F)F)c1. The molecule has 1 fully saturated rings. The highest BCUT2D eigenvalue weighted by Gasteiger charge is 2.41. The minimum atomic E-state index is -4.98. The number of nitrogens with one attached hydrogen (secondary N) is 2. The van der Waals surface area contributed by atoms with E-state index in [-0.39, 0.29) is 17.7 Å². The summed E-state index contributed by atoms with van der Waals surface area (Å²) in [6, 6.07) is 10.7. The molecule has 1 amide bonds. The van der Waals surface area contributed by atoms with Gasteiger partial charge < -0.3 is 16.4 Å². The fraction of sp³-hybridized carbons (Fsp3) is 0.480. The zero-order chi connectivity index (χ0) is 25.9. The van der Waals surface area contributed by atoms with Crippen molar-refractivity contribution in [1.29, 1.82) is 0 Å². The third-order valence-corrected chi connectivity index (χ3v) is 6.61. The Morgan fingerprint density at radius 1 is 1.00 bits per heavy atom. The molecule has 1 aliphatic rings. The fourth-order valence-corrected chi connectivity index (χ4v) is 4.57. The molecule has 4 N–H and O–H groups in total. The summed E-state index contributed by atoms with van der Waals surface area (Å²) in [5.74, 6) is -1.86. The lowest BCUT2D eigenvalue weighted by Crippen LogP contribution is -2.52. The topological polar surface area (TPSA) is 67.2 Å². The summed E-state index contributed by atoms with van der Waals surface area (Å²) in [5.41, 5.74) is 2.41. The van der Waals surface area contributed by atoms with Crippen molar-refractivity contribution in [3.8, 4) is 0 Å². The molecule has 1 aliphatic carbocycles. The highest BCUT2D eigenvalue weighted by atomic mass is 19.4. The molecule has 2 aromatic carbocycles. The monoisotopic (exact) mass is 501 g/mol. The number of amides is 1. The molecule has 0 bridgehead atoms. The van der Waals surface area contributed by atoms with Crippen LogP contribution in [0.1, 0.15) is 60.8 Å². The molecular weight excluding hydrogens is 472 g/mol. The summed E-state index contributed by atoms with van der Waals surface area (Å²) in [5, 5.41) is 6.34. The molecule has 35 heavy (non-hydrogen) atoms. The summed E-state index contributed by atoms with van der Waals surface area (Å²) in [6.45, 7) is 2.47. The summed E-state index contributed by atoms with van der Waals surface area (Å²) in [7, 11) is 0. The van der Waals surface area contributed by atoms with Gasteiger partial charge in [0.05, 0.1) is 22.6 Å². The van der Waals surface area contributed by atoms with Crippen LogP contribution < -0.4 is 16.4 Å². The third kappa shape index (κ3) is 6.55. The normalized spacial score (nSPS) is 22.0. The lowest BCUT2D eigenvalue weighted by atomic mass is 9.74. The maximum Gasteiger partial charge on any atom is 0.416 e. The maximum absolute atomic E-state index is 13.3. The zero-order valence-electron chi connectivity index (χ0n) is 19.3. The van der Waals surface area contributed by atoms with Gasteiger partial charge in [0.2, 0.25) is 5.91 Å². The molecule has 0 spiro atoms. The zero-order valence-corrected chi connectivity index (χ0v) is 19.3. The molecule has 192 valence electrons. The first kappa shape index (κ1) is 27.0. The molecule has 1 atom stereocenters. The molecule has 0 saturated heterocycles. The van der Waals surface area contributed by atoms with E-state index in [0.29, 0.717) is 38.1 Å². The lowest BCUT2D eigenvalue weighted by Gasteiger charge is -2.42. The van der Waals surface area contributed by atoms with Crippen LogP contribution in [-0.4, -0.2) is 25.0 Å². The van der Waals surface area contributed by atoms with Gasteiger partial charge in [0, 0.05) is 19.1 Å². The number of halogens is 6. The minimum absolute atomic E-state index is 0.0647. The molecule has 4 nitrogen and oxygen atoms in total. The predicted octanol–water partition coefficient (Wildman–Crippen LogP) is 5.33. The predicted molar refractivity (Wildman–Crippen MR) is 120 cm³/mol. The Labute approximate surface area is 200 Å². The van der Waals surface area contributed by atoms with Crippen molar-refractivity contribution in [3.05, 3.63) is 70.8 Å². The van der Waals surface area contributed by atoms with Crippen LogP contribution in [0, 0.1) is 0 Å². The molecule has 3 rings (SSSR count). The minimum Gasteiger partial charge on any atom is -0.346 e. The number of nitrogens with two attached hydrogens (primary N) is 1. The van der Waals surface area contributed by atoms with Crippen molar-refractivity contribution in [1.82, 2.24) is 10.6 Å². The van der Waals surface area contributed by atoms with Crippen molar-refractivity contribution in [3.63, 3.8) is 0 Å². The second-order valence-electron chi connectivity index (χ2n) is 9.02. The highest BCUT2D eigenvalue weighted by Crippen LogP contribution is 2.40. The molecule has 1 unspecified atom stereocenters. The quantitative estimate of drug-likeness (QED) is 0.450. The number of carbonyl (C=O) groups excluding carboxylic acids is 1. The molecule has 10 heteroatoms. The van der Waals surface area contributed by atoms with Crippen LogP contribution in [0.3, 0.4) is 0 Å². The second kappa shape index (κ2) is 10.6. The molecule has 0 heterocycles. The van der Waals surface area contributed by atoms with E-state index in [1.807, 2.05) is 30.3 Å². The van der Waals surface area contributed by atoms with Crippen LogP contribution in [0.15, 0.2) is 48.5 Å². The smallest absolute Gasteiger partial charge is 0.346 e. The van der Waals surface area contributed by atoms with E-state index in [9.17, 15) is 31.1 Å². The number of hydrogen-bond donors (Lipinski definition) is 3. The Morgan fingerprint density at radius 2 is 1.54 bits per heavy atom. The van der Waals surface area contributed by atoms with Gasteiger partial charge >= 0.3 is 12.4 Å². The standard InChI is InChI=1S/C25H29F6N3O/c1-16(17-13-19(24(26,27)28)15-20(14-17)25(29,30)31)22(35)34-23(18-5-3-2-4-6-18)9-7-21(8-10-23)33-12-11-32/h2-6,13-16,21,33H,7-12,32H2,1H3,(H,34,35). The van der Waals surface area contributed by atoms with Gasteiger partial charge in [-0.05, 0) is 61.9 Å². The number of benzene rings is 2. The van der Waals surface area contributed by atoms with Crippen LogP contribution in [-0.2, 0) is 22.7 Å². The Hall–Kier alpha value is -2.59. The fourth-order valence-electron chi connectivity index (χ4n) is 4.57. The van der Waals surface area contributed by atoms with Crippen molar-refractivity contribution in [2.75, 3.05) is 13.1 Å². The first-order chi connectivity index (χ1) is 16.4. The van der Waals surface area contributed by atoms with E-state index in [1.54, 1.807) is 0 Å². The van der Waals surface area contributed by atoms with Gasteiger partial charge in [0.25, 0.3) is 0 Å². The van der Waals surface area contributed by atoms with E-state index < -0.39 is 40.8 Å². The van der Waals surface area contributed by atoms with E-state index in [2.05, 4.69) is 10.6 Å². The van der Waals surface area contributed by atoms with Crippen molar-refractivity contribution < 1.29 is 31.1 Å². The first-order valence-corrected chi connectivity index (χ1v) is 11.5. The van der Waals surface area contributed by atoms with Crippen molar-refractivity contribution >= 4 is 5.91 Å². The van der Waals surface area contributed by atoms with E-state index >= 15 is 0 Å². The summed E-state index contributed by atoms with van der Waals surface area (Å²) < 4.78 is 79.8. The third-order valence-electron chi connectivity index (χ3n) is 6.61. The Balaban J connectivity index is 1.90. The average molecular weight is 502 g/mol. The molecule has 1 saturated carbocycles. The van der Waals surface area contributed by atoms with Crippen LogP contribution >= 0.6 is 0 Å². The molecule has 0 radical (unpaired) electrons. The number of hydrogen-bond acceptors (Lipinski definition) is 3. The van der Waals surface area contributed by atoms with Gasteiger partial charge in [-0.15, -0.1) is 0 Å². The number of rotatable bonds is 7. The Morgan fingerprint density at radius 3 is 2.03 bits per heavy atom. The number of carbonyl (C=O) groups is 1. The molecule has 2 aromatic rings. The molecule has 0 aromatic heterocycles. The van der Waals surface area contributed by atoms with Gasteiger partial charge in [-0.2, -0.15) is 26.3 Å². The van der Waals surface area contributed by atoms with Crippen molar-refractivity contribution in [2.24, 2.45) is 5.73 Å². The average Bonchev–Trinajstić information content (AvgIpc) is 2.82. The van der Waals surface area contributed by atoms with Gasteiger partial charge in [0.15, 0.2) is 0 Å². The van der Waals surface area contributed by atoms with E-state index in [4.69, 9.17) is 5.73 Å². The summed E-state index contributed by atoms with van der Waals surface area (Å²) >= 11 is 0. The molecular formula is C25H29F6N3O. The van der Waals surface area contributed by atoms with E-state index in [0.717, 1.165) is 18.4 Å². The van der Waals surface area contributed by atoms with Gasteiger partial charge in [0.1, 0.15) is 0 Å². The van der Waals surface area contributed by atoms with Crippen LogP contribution in [0.4, 0.5) is 26.3 Å². The van der Waals surface area contributed by atoms with Crippen LogP contribution in [0.25, 0.3) is 0 Å². The maximum atomic E-state index is 13.3. The largest absolute Gasteiger partial charge is 0.416 e. The van der Waals surface area contributed by atoms with E-state index in [1.165, 1.54) is 6.92 Å². The highest BCUT2D eigenvalue weighted by molar-refractivity contribution is 5.84. The van der Waals surface area contributed by atoms with Gasteiger partial charge in [-0.25, -0.2) is 0 Å². The molecule has 0 aliphatic heterocycles. The summed E-state index contributed by atoms with van der Waals surface area (Å²) in [6.07, 6.45) is -7.38. The Bertz CT molecular complexity index is 966. The van der Waals surface area contributed by atoms with Crippen molar-refractivity contribution in [2.45, 2.75) is 62.5 Å². The van der Waals surface area contributed by atoms with Gasteiger partial charge in [-0.1, -0.05) is 30.3 Å². The second-order valence-corrected chi connectivity index (χ2v) is 9.02. The number of alkyl halides is 6.